The molecule has 1 aromatic rings. The molecule has 0 spiro atoms. The number of benzene rings is 1. The third-order valence-corrected chi connectivity index (χ3v) is 5.03. The molecule has 2 aliphatic rings. The molecule has 6 heteroatoms. The van der Waals surface area contributed by atoms with E-state index in [1.807, 2.05) is 12.1 Å². The summed E-state index contributed by atoms with van der Waals surface area (Å²) in [4.78, 5) is 14.3. The van der Waals surface area contributed by atoms with Crippen LogP contribution in [-0.4, -0.2) is 52.0 Å². The second-order valence-electron chi connectivity index (χ2n) is 6.86. The number of ether oxygens (including phenoxy) is 2. The van der Waals surface area contributed by atoms with Crippen LogP contribution in [0.2, 0.25) is 0 Å². The van der Waals surface area contributed by atoms with E-state index in [2.05, 4.69) is 27.7 Å². The van der Waals surface area contributed by atoms with E-state index in [1.165, 1.54) is 5.69 Å². The van der Waals surface area contributed by atoms with Gasteiger partial charge in [0.05, 0.1) is 13.2 Å². The van der Waals surface area contributed by atoms with Crippen LogP contribution in [0.5, 0.6) is 5.75 Å². The van der Waals surface area contributed by atoms with Crippen molar-refractivity contribution in [1.29, 1.82) is 0 Å². The fourth-order valence-electron chi connectivity index (χ4n) is 3.56. The molecule has 2 amide bonds. The third kappa shape index (κ3) is 5.26. The predicted octanol–water partition coefficient (Wildman–Crippen LogP) is 2.39. The standard InChI is InChI=1S/C19H29N3O3/c1-24-18-5-2-4-16(12-18)22-10-8-15(14-22)13-21-19(23)20-9-7-17-6-3-11-25-17/h2,4-5,12,15,17H,3,6-11,13-14H2,1H3,(H2,20,21,23)/t15-,17-/m1/s1. The first-order valence-electron chi connectivity index (χ1n) is 9.27. The largest absolute Gasteiger partial charge is 0.497 e. The van der Waals surface area contributed by atoms with Gasteiger partial charge in [0.15, 0.2) is 0 Å². The minimum atomic E-state index is -0.0715. The van der Waals surface area contributed by atoms with E-state index in [0.29, 0.717) is 25.1 Å². The Morgan fingerprint density at radius 2 is 2.28 bits per heavy atom. The lowest BCUT2D eigenvalue weighted by atomic mass is 10.1. The van der Waals surface area contributed by atoms with Gasteiger partial charge in [-0.2, -0.15) is 0 Å². The normalized spacial score (nSPS) is 22.8. The van der Waals surface area contributed by atoms with Crippen LogP contribution >= 0.6 is 0 Å². The zero-order valence-electron chi connectivity index (χ0n) is 15.0. The number of urea groups is 1. The lowest BCUT2D eigenvalue weighted by Crippen LogP contribution is -2.39. The average Bonchev–Trinajstić information content (AvgIpc) is 3.32. The van der Waals surface area contributed by atoms with Crippen LogP contribution in [0.4, 0.5) is 10.5 Å². The molecule has 2 N–H and O–H groups in total. The fourth-order valence-corrected chi connectivity index (χ4v) is 3.56. The maximum atomic E-state index is 11.9. The van der Waals surface area contributed by atoms with E-state index in [4.69, 9.17) is 9.47 Å². The molecule has 2 aliphatic heterocycles. The third-order valence-electron chi connectivity index (χ3n) is 5.03. The minimum Gasteiger partial charge on any atom is -0.497 e. The van der Waals surface area contributed by atoms with Crippen LogP contribution in [0.1, 0.15) is 25.7 Å². The first-order chi connectivity index (χ1) is 12.2. The van der Waals surface area contributed by atoms with E-state index in [1.54, 1.807) is 7.11 Å². The van der Waals surface area contributed by atoms with Crippen molar-refractivity contribution in [2.75, 3.05) is 44.8 Å². The lowest BCUT2D eigenvalue weighted by Gasteiger charge is -2.19. The highest BCUT2D eigenvalue weighted by atomic mass is 16.5. The van der Waals surface area contributed by atoms with E-state index >= 15 is 0 Å². The molecule has 1 aromatic carbocycles. The summed E-state index contributed by atoms with van der Waals surface area (Å²) in [5, 5.41) is 5.93. The van der Waals surface area contributed by atoms with Crippen LogP contribution in [0, 0.1) is 5.92 Å². The number of nitrogens with zero attached hydrogens (tertiary/aromatic N) is 1. The average molecular weight is 347 g/mol. The molecule has 2 heterocycles. The zero-order chi connectivity index (χ0) is 17.5. The Hall–Kier alpha value is -1.95. The number of carbonyl (C=O) groups excluding carboxylic acids is 1. The summed E-state index contributed by atoms with van der Waals surface area (Å²) in [6.45, 7) is 4.23. The highest BCUT2D eigenvalue weighted by Crippen LogP contribution is 2.26. The monoisotopic (exact) mass is 347 g/mol. The fraction of sp³-hybridized carbons (Fsp3) is 0.632. The van der Waals surface area contributed by atoms with Crippen LogP contribution in [0.25, 0.3) is 0 Å². The van der Waals surface area contributed by atoms with Crippen LogP contribution in [0.3, 0.4) is 0 Å². The molecule has 6 nitrogen and oxygen atoms in total. The van der Waals surface area contributed by atoms with E-state index < -0.39 is 0 Å². The Balaban J connectivity index is 1.34. The molecule has 0 radical (unpaired) electrons. The van der Waals surface area contributed by atoms with Crippen LogP contribution in [0.15, 0.2) is 24.3 Å². The number of carbonyl (C=O) groups is 1. The van der Waals surface area contributed by atoms with Crippen molar-refractivity contribution in [2.24, 2.45) is 5.92 Å². The summed E-state index contributed by atoms with van der Waals surface area (Å²) >= 11 is 0. The van der Waals surface area contributed by atoms with Crippen molar-refractivity contribution in [3.05, 3.63) is 24.3 Å². The van der Waals surface area contributed by atoms with E-state index in [9.17, 15) is 4.79 Å². The second kappa shape index (κ2) is 8.94. The molecule has 0 saturated carbocycles. The van der Waals surface area contributed by atoms with Gasteiger partial charge in [-0.05, 0) is 43.7 Å². The van der Waals surface area contributed by atoms with Gasteiger partial charge in [0, 0.05) is 44.5 Å². The summed E-state index contributed by atoms with van der Waals surface area (Å²) in [6, 6.07) is 8.07. The van der Waals surface area contributed by atoms with Crippen molar-refractivity contribution in [2.45, 2.75) is 31.8 Å². The summed E-state index contributed by atoms with van der Waals surface area (Å²) in [5.74, 6) is 1.36. The highest BCUT2D eigenvalue weighted by Gasteiger charge is 2.23. The number of hydrogen-bond donors (Lipinski definition) is 2. The Labute approximate surface area is 149 Å². The first kappa shape index (κ1) is 17.9. The molecule has 25 heavy (non-hydrogen) atoms. The molecule has 2 fully saturated rings. The molecule has 2 saturated heterocycles. The van der Waals surface area contributed by atoms with Gasteiger partial charge < -0.3 is 25.0 Å². The van der Waals surface area contributed by atoms with Crippen LogP contribution in [-0.2, 0) is 4.74 Å². The topological polar surface area (TPSA) is 62.8 Å². The Morgan fingerprint density at radius 3 is 3.08 bits per heavy atom. The Kier molecular flexibility index (Phi) is 6.39. The van der Waals surface area contributed by atoms with Gasteiger partial charge in [-0.15, -0.1) is 0 Å². The van der Waals surface area contributed by atoms with Crippen molar-refractivity contribution in [3.8, 4) is 5.75 Å². The van der Waals surface area contributed by atoms with Gasteiger partial charge in [0.1, 0.15) is 5.75 Å². The number of amides is 2. The van der Waals surface area contributed by atoms with Gasteiger partial charge in [0.25, 0.3) is 0 Å². The quantitative estimate of drug-likeness (QED) is 0.795. The van der Waals surface area contributed by atoms with Crippen molar-refractivity contribution in [3.63, 3.8) is 0 Å². The van der Waals surface area contributed by atoms with Gasteiger partial charge in [-0.1, -0.05) is 6.07 Å². The molecule has 0 aliphatic carbocycles. The molecule has 138 valence electrons. The van der Waals surface area contributed by atoms with Crippen molar-refractivity contribution < 1.29 is 14.3 Å². The Morgan fingerprint density at radius 1 is 1.36 bits per heavy atom. The van der Waals surface area contributed by atoms with Crippen molar-refractivity contribution >= 4 is 11.7 Å². The summed E-state index contributed by atoms with van der Waals surface area (Å²) in [6.07, 6.45) is 4.58. The second-order valence-corrected chi connectivity index (χ2v) is 6.86. The molecule has 0 aromatic heterocycles. The maximum Gasteiger partial charge on any atom is 0.314 e. The van der Waals surface area contributed by atoms with Gasteiger partial charge >= 0.3 is 6.03 Å². The van der Waals surface area contributed by atoms with Gasteiger partial charge in [-0.3, -0.25) is 0 Å². The van der Waals surface area contributed by atoms with Gasteiger partial charge in [-0.25, -0.2) is 4.79 Å². The molecular weight excluding hydrogens is 318 g/mol. The number of anilines is 1. The Bertz CT molecular complexity index is 561. The summed E-state index contributed by atoms with van der Waals surface area (Å²) in [5.41, 5.74) is 1.18. The summed E-state index contributed by atoms with van der Waals surface area (Å²) < 4.78 is 10.9. The lowest BCUT2D eigenvalue weighted by molar-refractivity contribution is 0.104. The van der Waals surface area contributed by atoms with E-state index in [0.717, 1.165) is 51.1 Å². The summed E-state index contributed by atoms with van der Waals surface area (Å²) in [7, 11) is 1.69. The van der Waals surface area contributed by atoms with E-state index in [-0.39, 0.29) is 6.03 Å². The molecule has 0 unspecified atom stereocenters. The van der Waals surface area contributed by atoms with Gasteiger partial charge in [0.2, 0.25) is 0 Å². The maximum absolute atomic E-state index is 11.9. The smallest absolute Gasteiger partial charge is 0.314 e. The highest BCUT2D eigenvalue weighted by molar-refractivity contribution is 5.73. The number of methoxy groups -OCH3 is 1. The molecular formula is C19H29N3O3. The molecule has 2 atom stereocenters. The predicted molar refractivity (Wildman–Crippen MR) is 98.3 cm³/mol. The number of hydrogen-bond acceptors (Lipinski definition) is 4. The minimum absolute atomic E-state index is 0.0715. The molecule has 3 rings (SSSR count). The number of rotatable bonds is 7. The zero-order valence-corrected chi connectivity index (χ0v) is 15.0. The molecule has 0 bridgehead atoms. The SMILES string of the molecule is COc1cccc(N2CC[C@H](CNC(=O)NCC[C@H]3CCCO3)C2)c1. The van der Waals surface area contributed by atoms with Crippen molar-refractivity contribution in [1.82, 2.24) is 10.6 Å². The first-order valence-corrected chi connectivity index (χ1v) is 9.27. The van der Waals surface area contributed by atoms with Crippen LogP contribution < -0.4 is 20.3 Å². The number of nitrogens with one attached hydrogen (secondary N) is 2.